The molecule has 0 aliphatic rings. The molecule has 0 saturated carbocycles. The molecule has 15 heavy (non-hydrogen) atoms. The number of alkyl halides is 1. The summed E-state index contributed by atoms with van der Waals surface area (Å²) < 4.78 is 12.6. The minimum absolute atomic E-state index is 0.00525. The van der Waals surface area contributed by atoms with Gasteiger partial charge in [0.2, 0.25) is 5.91 Å². The summed E-state index contributed by atoms with van der Waals surface area (Å²) in [5, 5.41) is 0. The van der Waals surface area contributed by atoms with Crippen LogP contribution < -0.4 is 0 Å². The van der Waals surface area contributed by atoms with E-state index in [1.165, 1.54) is 12.1 Å². The van der Waals surface area contributed by atoms with Crippen LogP contribution in [0.3, 0.4) is 0 Å². The van der Waals surface area contributed by atoms with Crippen molar-refractivity contribution < 1.29 is 9.18 Å². The Morgan fingerprint density at radius 2 is 2.00 bits per heavy atom. The second kappa shape index (κ2) is 5.71. The molecule has 2 nitrogen and oxygen atoms in total. The van der Waals surface area contributed by atoms with E-state index in [2.05, 4.69) is 0 Å². The van der Waals surface area contributed by atoms with Crippen molar-refractivity contribution in [1.29, 1.82) is 0 Å². The summed E-state index contributed by atoms with van der Waals surface area (Å²) in [6, 6.07) is 6.10. The molecule has 0 N–H and O–H groups in total. The predicted molar refractivity (Wildman–Crippen MR) is 58.2 cm³/mol. The van der Waals surface area contributed by atoms with Crippen LogP contribution in [0.1, 0.15) is 12.0 Å². The molecule has 0 radical (unpaired) electrons. The molecule has 1 aromatic rings. The highest BCUT2D eigenvalue weighted by Gasteiger charge is 2.07. The lowest BCUT2D eigenvalue weighted by Gasteiger charge is -2.16. The average Bonchev–Trinajstić information content (AvgIpc) is 2.22. The molecule has 0 saturated heterocycles. The van der Waals surface area contributed by atoms with Crippen molar-refractivity contribution in [3.05, 3.63) is 35.6 Å². The van der Waals surface area contributed by atoms with Gasteiger partial charge >= 0.3 is 0 Å². The third-order valence-electron chi connectivity index (χ3n) is 2.07. The molecule has 1 aromatic carbocycles. The first-order valence-corrected chi connectivity index (χ1v) is 5.21. The maximum atomic E-state index is 12.6. The highest BCUT2D eigenvalue weighted by Crippen LogP contribution is 2.06. The van der Waals surface area contributed by atoms with E-state index in [0.29, 0.717) is 18.8 Å². The van der Waals surface area contributed by atoms with E-state index in [4.69, 9.17) is 11.6 Å². The van der Waals surface area contributed by atoms with Crippen LogP contribution in [0.5, 0.6) is 0 Å². The van der Waals surface area contributed by atoms with Gasteiger partial charge in [-0.25, -0.2) is 4.39 Å². The Bertz CT molecular complexity index is 326. The Labute approximate surface area is 93.6 Å². The SMILES string of the molecule is CN(Cc1ccc(F)cc1)C(=O)CCCl. The largest absolute Gasteiger partial charge is 0.341 e. The van der Waals surface area contributed by atoms with E-state index in [1.54, 1.807) is 24.1 Å². The summed E-state index contributed by atoms with van der Waals surface area (Å²) in [5.41, 5.74) is 0.904. The molecule has 0 atom stereocenters. The second-order valence-corrected chi connectivity index (χ2v) is 3.69. The van der Waals surface area contributed by atoms with E-state index >= 15 is 0 Å². The molecule has 1 rings (SSSR count). The van der Waals surface area contributed by atoms with Crippen molar-refractivity contribution in [1.82, 2.24) is 4.90 Å². The molecular weight excluding hydrogens is 217 g/mol. The van der Waals surface area contributed by atoms with Gasteiger partial charge in [-0.3, -0.25) is 4.79 Å². The summed E-state index contributed by atoms with van der Waals surface area (Å²) >= 11 is 5.47. The molecule has 0 bridgehead atoms. The van der Waals surface area contributed by atoms with Crippen LogP contribution in [0.4, 0.5) is 4.39 Å². The van der Waals surface area contributed by atoms with E-state index in [0.717, 1.165) is 5.56 Å². The Morgan fingerprint density at radius 1 is 1.40 bits per heavy atom. The zero-order chi connectivity index (χ0) is 11.3. The molecule has 0 aromatic heterocycles. The first-order valence-electron chi connectivity index (χ1n) is 4.68. The van der Waals surface area contributed by atoms with Crippen molar-refractivity contribution in [3.8, 4) is 0 Å². The van der Waals surface area contributed by atoms with Crippen molar-refractivity contribution in [2.45, 2.75) is 13.0 Å². The number of carbonyl (C=O) groups excluding carboxylic acids is 1. The summed E-state index contributed by atoms with van der Waals surface area (Å²) in [6.07, 6.45) is 0.333. The predicted octanol–water partition coefficient (Wildman–Crippen LogP) is 2.41. The van der Waals surface area contributed by atoms with Crippen LogP contribution >= 0.6 is 11.6 Å². The van der Waals surface area contributed by atoms with E-state index < -0.39 is 0 Å². The van der Waals surface area contributed by atoms with Gasteiger partial charge in [0.1, 0.15) is 5.82 Å². The smallest absolute Gasteiger partial charge is 0.223 e. The fourth-order valence-corrected chi connectivity index (χ4v) is 1.39. The van der Waals surface area contributed by atoms with Gasteiger partial charge in [0.15, 0.2) is 0 Å². The Balaban J connectivity index is 2.54. The van der Waals surface area contributed by atoms with E-state index in [9.17, 15) is 9.18 Å². The zero-order valence-corrected chi connectivity index (χ0v) is 9.30. The highest BCUT2D eigenvalue weighted by atomic mass is 35.5. The molecule has 1 amide bonds. The molecule has 0 spiro atoms. The monoisotopic (exact) mass is 229 g/mol. The average molecular weight is 230 g/mol. The standard InChI is InChI=1S/C11H13ClFNO/c1-14(11(15)6-7-12)8-9-2-4-10(13)5-3-9/h2-5H,6-8H2,1H3. The third kappa shape index (κ3) is 3.88. The quantitative estimate of drug-likeness (QED) is 0.727. The maximum Gasteiger partial charge on any atom is 0.223 e. The highest BCUT2D eigenvalue weighted by molar-refractivity contribution is 6.18. The maximum absolute atomic E-state index is 12.6. The van der Waals surface area contributed by atoms with Gasteiger partial charge < -0.3 is 4.90 Å². The topological polar surface area (TPSA) is 20.3 Å². The van der Waals surface area contributed by atoms with Crippen LogP contribution in [0.15, 0.2) is 24.3 Å². The number of hydrogen-bond donors (Lipinski definition) is 0. The number of hydrogen-bond acceptors (Lipinski definition) is 1. The lowest BCUT2D eigenvalue weighted by molar-refractivity contribution is -0.129. The van der Waals surface area contributed by atoms with Gasteiger partial charge in [-0.05, 0) is 17.7 Å². The molecule has 4 heteroatoms. The van der Waals surface area contributed by atoms with Crippen molar-refractivity contribution in [2.24, 2.45) is 0 Å². The zero-order valence-electron chi connectivity index (χ0n) is 8.54. The normalized spacial score (nSPS) is 10.1. The number of carbonyl (C=O) groups is 1. The van der Waals surface area contributed by atoms with Crippen LogP contribution in [-0.4, -0.2) is 23.7 Å². The molecule has 0 aliphatic heterocycles. The number of rotatable bonds is 4. The lowest BCUT2D eigenvalue weighted by atomic mass is 10.2. The van der Waals surface area contributed by atoms with Crippen LogP contribution in [-0.2, 0) is 11.3 Å². The number of halogens is 2. The summed E-state index contributed by atoms with van der Waals surface area (Å²) in [7, 11) is 1.71. The van der Waals surface area contributed by atoms with Gasteiger partial charge in [-0.15, -0.1) is 11.6 Å². The van der Waals surface area contributed by atoms with Crippen LogP contribution in [0.25, 0.3) is 0 Å². The molecule has 0 aliphatic carbocycles. The molecule has 0 fully saturated rings. The Morgan fingerprint density at radius 3 is 2.53 bits per heavy atom. The molecule has 0 heterocycles. The number of nitrogens with zero attached hydrogens (tertiary/aromatic N) is 1. The fourth-order valence-electron chi connectivity index (χ4n) is 1.22. The van der Waals surface area contributed by atoms with Crippen LogP contribution in [0.2, 0.25) is 0 Å². The van der Waals surface area contributed by atoms with E-state index in [-0.39, 0.29) is 11.7 Å². The van der Waals surface area contributed by atoms with Crippen LogP contribution in [0, 0.1) is 5.82 Å². The van der Waals surface area contributed by atoms with Crippen molar-refractivity contribution in [3.63, 3.8) is 0 Å². The minimum atomic E-state index is -0.270. The first kappa shape index (κ1) is 12.0. The Kier molecular flexibility index (Phi) is 4.56. The van der Waals surface area contributed by atoms with Gasteiger partial charge in [0, 0.05) is 25.9 Å². The van der Waals surface area contributed by atoms with E-state index in [1.807, 2.05) is 0 Å². The second-order valence-electron chi connectivity index (χ2n) is 3.32. The van der Waals surface area contributed by atoms with Gasteiger partial charge in [-0.1, -0.05) is 12.1 Å². The number of amides is 1. The van der Waals surface area contributed by atoms with Gasteiger partial charge in [-0.2, -0.15) is 0 Å². The van der Waals surface area contributed by atoms with Crippen molar-refractivity contribution >= 4 is 17.5 Å². The van der Waals surface area contributed by atoms with Gasteiger partial charge in [0.25, 0.3) is 0 Å². The first-order chi connectivity index (χ1) is 7.13. The summed E-state index contributed by atoms with van der Waals surface area (Å²) in [4.78, 5) is 13.0. The third-order valence-corrected chi connectivity index (χ3v) is 2.26. The minimum Gasteiger partial charge on any atom is -0.341 e. The molecule has 0 unspecified atom stereocenters. The summed E-state index contributed by atoms with van der Waals surface area (Å²) in [5.74, 6) is 0.0508. The van der Waals surface area contributed by atoms with Crippen molar-refractivity contribution in [2.75, 3.05) is 12.9 Å². The lowest BCUT2D eigenvalue weighted by Crippen LogP contribution is -2.26. The fraction of sp³-hybridized carbons (Fsp3) is 0.364. The molecular formula is C11H13ClFNO. The Hall–Kier alpha value is -1.09. The summed E-state index contributed by atoms with van der Waals surface area (Å²) in [6.45, 7) is 0.482. The van der Waals surface area contributed by atoms with Gasteiger partial charge in [0.05, 0.1) is 0 Å². The molecule has 82 valence electrons. The number of benzene rings is 1.